The number of hydrogen-bond acceptors (Lipinski definition) is 1. The molecule has 0 fully saturated rings. The van der Waals surface area contributed by atoms with Gasteiger partial charge in [-0.05, 0) is 18.6 Å². The van der Waals surface area contributed by atoms with E-state index < -0.39 is 9.18 Å². The first-order valence-corrected chi connectivity index (χ1v) is 25.1. The van der Waals surface area contributed by atoms with Crippen molar-refractivity contribution in [1.29, 1.82) is 0 Å². The van der Waals surface area contributed by atoms with E-state index in [1.807, 2.05) is 25.1 Å². The van der Waals surface area contributed by atoms with E-state index in [0.29, 0.717) is 5.75 Å². The molecule has 1 aromatic carbocycles. The fraction of sp³-hybridized carbons (Fsp3) is 0.143. The summed E-state index contributed by atoms with van der Waals surface area (Å²) >= 11 is 7.54. The second-order valence-corrected chi connectivity index (χ2v) is 58.8. The number of para-hydroxylation sites is 1. The third-order valence-electron chi connectivity index (χ3n) is 1.12. The standard InChI is InChI=1S/C7H8O.3HI.Zr/c1-6-4-2-3-5-7(6)8;;;;/h2-5,8H,1H3;3*1H;/q;;;;+3/p-3. The van der Waals surface area contributed by atoms with E-state index in [4.69, 9.17) is 5.11 Å². The predicted molar refractivity (Wildman–Crippen MR) is 74.9 cm³/mol. The van der Waals surface area contributed by atoms with Gasteiger partial charge in [0.2, 0.25) is 0 Å². The van der Waals surface area contributed by atoms with Gasteiger partial charge in [-0.1, -0.05) is 18.2 Å². The first-order chi connectivity index (χ1) is 5.54. The Bertz CT molecular complexity index is 206. The molecular weight excluding hydrogens is 572 g/mol. The zero-order chi connectivity index (χ0) is 9.56. The van der Waals surface area contributed by atoms with Crippen molar-refractivity contribution in [1.82, 2.24) is 0 Å². The molecule has 0 bridgehead atoms. The Morgan fingerprint density at radius 2 is 1.58 bits per heavy atom. The summed E-state index contributed by atoms with van der Waals surface area (Å²) in [7, 11) is -0.633. The van der Waals surface area contributed by atoms with Crippen LogP contribution in [0, 0.1) is 6.92 Å². The number of phenolic OH excluding ortho intramolecular Hbond substituents is 1. The molecule has 5 heteroatoms. The molecule has 0 aliphatic carbocycles. The van der Waals surface area contributed by atoms with Crippen molar-refractivity contribution < 1.29 is 14.3 Å². The van der Waals surface area contributed by atoms with E-state index in [2.05, 4.69) is 54.1 Å². The number of halogens is 3. The van der Waals surface area contributed by atoms with Gasteiger partial charge in [0, 0.05) is 0 Å². The van der Waals surface area contributed by atoms with Crippen LogP contribution in [0.2, 0.25) is 0 Å². The minimum absolute atomic E-state index is 0.368. The fourth-order valence-electron chi connectivity index (χ4n) is 0.563. The van der Waals surface area contributed by atoms with Gasteiger partial charge in [-0.25, -0.2) is 0 Å². The molecule has 0 unspecified atom stereocenters. The van der Waals surface area contributed by atoms with E-state index in [9.17, 15) is 0 Å². The molecule has 0 aromatic heterocycles. The van der Waals surface area contributed by atoms with Gasteiger partial charge in [-0.15, -0.1) is 0 Å². The second kappa shape index (κ2) is 8.41. The summed E-state index contributed by atoms with van der Waals surface area (Å²) in [6.07, 6.45) is 0. The Morgan fingerprint density at radius 3 is 1.83 bits per heavy atom. The van der Waals surface area contributed by atoms with E-state index in [0.717, 1.165) is 5.56 Å². The third-order valence-corrected chi connectivity index (χ3v) is 1.12. The average molecular weight is 580 g/mol. The molecule has 0 saturated heterocycles. The zero-order valence-corrected chi connectivity index (χ0v) is 15.3. The van der Waals surface area contributed by atoms with Crippen LogP contribution in [0.3, 0.4) is 0 Å². The van der Waals surface area contributed by atoms with Crippen LogP contribution in [-0.4, -0.2) is 5.11 Å². The summed E-state index contributed by atoms with van der Waals surface area (Å²) in [4.78, 5) is 0. The van der Waals surface area contributed by atoms with E-state index >= 15 is 0 Å². The Labute approximate surface area is 108 Å². The SMILES string of the molecule is Cc1ccccc1O.[I][Zr]([I])[I]. The van der Waals surface area contributed by atoms with Crippen molar-refractivity contribution >= 4 is 54.1 Å². The number of aromatic hydroxyl groups is 1. The topological polar surface area (TPSA) is 20.2 Å². The Kier molecular flexibility index (Phi) is 9.87. The van der Waals surface area contributed by atoms with Gasteiger partial charge in [0.25, 0.3) is 0 Å². The fourth-order valence-corrected chi connectivity index (χ4v) is 0.563. The Balaban J connectivity index is 0.000000261. The summed E-state index contributed by atoms with van der Waals surface area (Å²) < 4.78 is 0. The molecule has 0 spiro atoms. The van der Waals surface area contributed by atoms with Gasteiger partial charge < -0.3 is 5.11 Å². The molecule has 67 valence electrons. The van der Waals surface area contributed by atoms with Gasteiger partial charge in [-0.3, -0.25) is 0 Å². The van der Waals surface area contributed by atoms with Crippen LogP contribution in [0.25, 0.3) is 0 Å². The van der Waals surface area contributed by atoms with Gasteiger partial charge in [0.15, 0.2) is 0 Å². The summed E-state index contributed by atoms with van der Waals surface area (Å²) in [6, 6.07) is 7.25. The molecule has 1 N–H and O–H groups in total. The van der Waals surface area contributed by atoms with Crippen LogP contribution < -0.4 is 0 Å². The maximum absolute atomic E-state index is 8.92. The van der Waals surface area contributed by atoms with Gasteiger partial charge in [-0.2, -0.15) is 0 Å². The molecule has 0 atom stereocenters. The van der Waals surface area contributed by atoms with Gasteiger partial charge >= 0.3 is 63.3 Å². The van der Waals surface area contributed by atoms with Crippen LogP contribution in [0.1, 0.15) is 5.56 Å². The number of benzene rings is 1. The molecular formula is C7H8I3OZr. The zero-order valence-electron chi connectivity index (χ0n) is 6.39. The first kappa shape index (κ1) is 14.1. The van der Waals surface area contributed by atoms with Crippen LogP contribution >= 0.6 is 54.1 Å². The number of hydrogen-bond donors (Lipinski definition) is 1. The normalized spacial score (nSPS) is 8.33. The molecule has 0 radical (unpaired) electrons. The van der Waals surface area contributed by atoms with Crippen LogP contribution in [0.5, 0.6) is 5.75 Å². The van der Waals surface area contributed by atoms with Crippen molar-refractivity contribution in [2.45, 2.75) is 6.92 Å². The van der Waals surface area contributed by atoms with Crippen LogP contribution in [0.15, 0.2) is 24.3 Å². The van der Waals surface area contributed by atoms with E-state index in [1.54, 1.807) is 6.07 Å². The summed E-state index contributed by atoms with van der Waals surface area (Å²) in [5.41, 5.74) is 0.924. The number of aryl methyl sites for hydroxylation is 1. The second-order valence-electron chi connectivity index (χ2n) is 2.00. The van der Waals surface area contributed by atoms with Crippen molar-refractivity contribution in [2.24, 2.45) is 0 Å². The van der Waals surface area contributed by atoms with Crippen molar-refractivity contribution in [2.75, 3.05) is 0 Å². The monoisotopic (exact) mass is 579 g/mol. The molecule has 1 nitrogen and oxygen atoms in total. The molecule has 12 heavy (non-hydrogen) atoms. The minimum atomic E-state index is -0.633. The molecule has 1 rings (SSSR count). The average Bonchev–Trinajstić information content (AvgIpc) is 1.94. The first-order valence-electron chi connectivity index (χ1n) is 3.12. The number of rotatable bonds is 0. The number of phenols is 1. The Hall–Kier alpha value is 2.09. The molecule has 0 heterocycles. The van der Waals surface area contributed by atoms with Crippen LogP contribution in [-0.2, 0) is 9.18 Å². The van der Waals surface area contributed by atoms with Gasteiger partial charge in [0.1, 0.15) is 5.75 Å². The van der Waals surface area contributed by atoms with E-state index in [1.165, 1.54) is 0 Å². The quantitative estimate of drug-likeness (QED) is 0.453. The van der Waals surface area contributed by atoms with Crippen molar-refractivity contribution in [3.8, 4) is 5.75 Å². The molecule has 0 saturated carbocycles. The predicted octanol–water partition coefficient (Wildman–Crippen LogP) is 4.36. The summed E-state index contributed by atoms with van der Waals surface area (Å²) in [6.45, 7) is 1.87. The third kappa shape index (κ3) is 8.68. The molecule has 0 aliphatic heterocycles. The van der Waals surface area contributed by atoms with Crippen molar-refractivity contribution in [3.05, 3.63) is 29.8 Å². The molecule has 1 aromatic rings. The van der Waals surface area contributed by atoms with Crippen LogP contribution in [0.4, 0.5) is 0 Å². The van der Waals surface area contributed by atoms with Crippen molar-refractivity contribution in [3.63, 3.8) is 0 Å². The van der Waals surface area contributed by atoms with E-state index in [-0.39, 0.29) is 0 Å². The van der Waals surface area contributed by atoms with Gasteiger partial charge in [0.05, 0.1) is 0 Å². The summed E-state index contributed by atoms with van der Waals surface area (Å²) in [5.74, 6) is 0.368. The Morgan fingerprint density at radius 1 is 1.17 bits per heavy atom. The summed E-state index contributed by atoms with van der Waals surface area (Å²) in [5, 5.41) is 8.92. The maximum atomic E-state index is 8.92. The molecule has 0 aliphatic rings. The molecule has 0 amide bonds.